The zero-order valence-corrected chi connectivity index (χ0v) is 27.1. The quantitative estimate of drug-likeness (QED) is 0.358. The van der Waals surface area contributed by atoms with Gasteiger partial charge < -0.3 is 10.1 Å². The maximum absolute atomic E-state index is 14.1. The molecule has 0 radical (unpaired) electrons. The zero-order valence-electron chi connectivity index (χ0n) is 26.3. The number of halogens is 1. The first-order valence-electron chi connectivity index (χ1n) is 16.7. The predicted octanol–water partition coefficient (Wildman–Crippen LogP) is 6.77. The van der Waals surface area contributed by atoms with Crippen molar-refractivity contribution in [3.05, 3.63) is 34.3 Å². The molecule has 4 saturated carbocycles. The molecule has 0 amide bonds. The Bertz CT molecular complexity index is 1320. The van der Waals surface area contributed by atoms with Crippen LogP contribution in [0.3, 0.4) is 0 Å². The molecule has 8 atom stereocenters. The number of ketones is 3. The molecule has 1 aromatic carbocycles. The SMILES string of the molecule is Cc1cc(C2(OC(=O)CC[C@@H](C)[C@H]3CC[C@H]4[C@@H]5C(=O)C[C@@H]6CC(=O)CC[C@]6(C)[C@H]5CC(=O)[C@]34C)CCNCC2)ccc1Cl. The van der Waals surface area contributed by atoms with Crippen molar-refractivity contribution < 1.29 is 23.9 Å². The van der Waals surface area contributed by atoms with E-state index in [1.54, 1.807) is 0 Å². The van der Waals surface area contributed by atoms with Gasteiger partial charge in [-0.15, -0.1) is 0 Å². The fourth-order valence-electron chi connectivity index (χ4n) is 10.4. The molecule has 0 bridgehead atoms. The van der Waals surface area contributed by atoms with Crippen molar-refractivity contribution in [2.45, 2.75) is 104 Å². The summed E-state index contributed by atoms with van der Waals surface area (Å²) in [7, 11) is 0. The van der Waals surface area contributed by atoms with E-state index in [0.717, 1.165) is 56.3 Å². The van der Waals surface area contributed by atoms with Gasteiger partial charge in [-0.3, -0.25) is 19.2 Å². The van der Waals surface area contributed by atoms with E-state index in [1.165, 1.54) is 0 Å². The van der Waals surface area contributed by atoms with Gasteiger partial charge in [0.25, 0.3) is 0 Å². The lowest BCUT2D eigenvalue weighted by molar-refractivity contribution is -0.166. The maximum atomic E-state index is 14.1. The minimum atomic E-state index is -0.654. The van der Waals surface area contributed by atoms with Crippen molar-refractivity contribution in [3.8, 4) is 0 Å². The van der Waals surface area contributed by atoms with E-state index in [0.29, 0.717) is 49.3 Å². The number of nitrogens with one attached hydrogen (secondary N) is 1. The molecule has 1 aromatic rings. The molecular weight excluding hydrogens is 562 g/mol. The molecule has 1 N–H and O–H groups in total. The van der Waals surface area contributed by atoms with Gasteiger partial charge in [-0.05, 0) is 97.9 Å². The minimum absolute atomic E-state index is 0.0548. The van der Waals surface area contributed by atoms with Crippen LogP contribution in [0.5, 0.6) is 0 Å². The van der Waals surface area contributed by atoms with Gasteiger partial charge in [0, 0.05) is 61.3 Å². The van der Waals surface area contributed by atoms with Crippen LogP contribution in [0.15, 0.2) is 18.2 Å². The van der Waals surface area contributed by atoms with E-state index in [-0.39, 0.29) is 58.5 Å². The molecule has 5 aliphatic rings. The van der Waals surface area contributed by atoms with Crippen LogP contribution in [0.1, 0.15) is 103 Å². The Labute approximate surface area is 261 Å². The van der Waals surface area contributed by atoms with Gasteiger partial charge in [0.05, 0.1) is 0 Å². The largest absolute Gasteiger partial charge is 0.454 e. The number of Topliss-reactive ketones (excluding diaryl/α,β-unsaturated/α-hetero) is 3. The molecule has 6 nitrogen and oxygen atoms in total. The molecule has 43 heavy (non-hydrogen) atoms. The summed E-state index contributed by atoms with van der Waals surface area (Å²) in [6, 6.07) is 5.92. The summed E-state index contributed by atoms with van der Waals surface area (Å²) >= 11 is 6.30. The van der Waals surface area contributed by atoms with E-state index < -0.39 is 11.0 Å². The summed E-state index contributed by atoms with van der Waals surface area (Å²) < 4.78 is 6.32. The number of hydrogen-bond acceptors (Lipinski definition) is 6. The standard InChI is InChI=1S/C36H48ClNO5/c1-21(5-10-32(42)43-36(13-15-38-16-14-36)23-6-9-29(37)22(2)17-23)26-7-8-27-33-28(20-31(41)35(26,27)4)34(3)12-11-25(39)18-24(34)19-30(33)40/h6,9,17,21,24,26-28,33,38H,5,7-8,10-16,18-20H2,1-4H3/t21-,24+,26-,27+,28+,33+,34+,35-/m1/s1. The molecule has 0 unspecified atom stereocenters. The molecule has 5 fully saturated rings. The number of benzene rings is 1. The van der Waals surface area contributed by atoms with Crippen LogP contribution in [-0.2, 0) is 29.5 Å². The summed E-state index contributed by atoms with van der Waals surface area (Å²) in [5, 5.41) is 4.09. The molecular formula is C36H48ClNO5. The minimum Gasteiger partial charge on any atom is -0.454 e. The van der Waals surface area contributed by atoms with E-state index in [1.807, 2.05) is 25.1 Å². The first-order chi connectivity index (χ1) is 20.4. The van der Waals surface area contributed by atoms with Gasteiger partial charge in [0.2, 0.25) is 0 Å². The van der Waals surface area contributed by atoms with Crippen molar-refractivity contribution in [3.63, 3.8) is 0 Å². The van der Waals surface area contributed by atoms with Gasteiger partial charge in [0.15, 0.2) is 0 Å². The topological polar surface area (TPSA) is 89.5 Å². The van der Waals surface area contributed by atoms with Crippen LogP contribution < -0.4 is 5.32 Å². The highest BCUT2D eigenvalue weighted by Crippen LogP contribution is 2.66. The van der Waals surface area contributed by atoms with Crippen molar-refractivity contribution in [2.24, 2.45) is 46.3 Å². The summed E-state index contributed by atoms with van der Waals surface area (Å²) in [5.74, 6) is 1.10. The van der Waals surface area contributed by atoms with Gasteiger partial charge in [-0.2, -0.15) is 0 Å². The van der Waals surface area contributed by atoms with Crippen LogP contribution >= 0.6 is 11.6 Å². The number of piperidine rings is 1. The molecule has 0 spiro atoms. The van der Waals surface area contributed by atoms with E-state index in [4.69, 9.17) is 16.3 Å². The molecule has 1 heterocycles. The number of hydrogen-bond donors (Lipinski definition) is 1. The molecule has 4 aliphatic carbocycles. The highest BCUT2D eigenvalue weighted by molar-refractivity contribution is 6.31. The number of ether oxygens (including phenoxy) is 1. The fourth-order valence-corrected chi connectivity index (χ4v) is 10.5. The lowest BCUT2D eigenvalue weighted by Crippen LogP contribution is -2.60. The van der Waals surface area contributed by atoms with E-state index >= 15 is 0 Å². The Morgan fingerprint density at radius 3 is 2.51 bits per heavy atom. The summed E-state index contributed by atoms with van der Waals surface area (Å²) in [6.45, 7) is 10.1. The molecule has 1 saturated heterocycles. The highest BCUT2D eigenvalue weighted by atomic mass is 35.5. The van der Waals surface area contributed by atoms with Gasteiger partial charge in [-0.1, -0.05) is 44.5 Å². The van der Waals surface area contributed by atoms with Crippen LogP contribution in [-0.4, -0.2) is 36.4 Å². The first kappa shape index (κ1) is 31.0. The van der Waals surface area contributed by atoms with E-state index in [2.05, 4.69) is 26.1 Å². The number of aryl methyl sites for hydroxylation is 1. The highest BCUT2D eigenvalue weighted by Gasteiger charge is 2.66. The summed E-state index contributed by atoms with van der Waals surface area (Å²) in [6.07, 6.45) is 7.03. The maximum Gasteiger partial charge on any atom is 0.306 e. The molecule has 6 rings (SSSR count). The average molecular weight is 610 g/mol. The van der Waals surface area contributed by atoms with Crippen LogP contribution in [0, 0.1) is 53.3 Å². The van der Waals surface area contributed by atoms with Crippen LogP contribution in [0.25, 0.3) is 0 Å². The first-order valence-corrected chi connectivity index (χ1v) is 17.0. The van der Waals surface area contributed by atoms with Gasteiger partial charge >= 0.3 is 5.97 Å². The predicted molar refractivity (Wildman–Crippen MR) is 165 cm³/mol. The monoisotopic (exact) mass is 609 g/mol. The second-order valence-electron chi connectivity index (χ2n) is 15.1. The Balaban J connectivity index is 1.15. The average Bonchev–Trinajstić information content (AvgIpc) is 3.33. The van der Waals surface area contributed by atoms with Crippen LogP contribution in [0.4, 0.5) is 0 Å². The molecule has 7 heteroatoms. The third kappa shape index (κ3) is 5.13. The lowest BCUT2D eigenvalue weighted by Gasteiger charge is -2.58. The molecule has 1 aliphatic heterocycles. The smallest absolute Gasteiger partial charge is 0.306 e. The number of esters is 1. The van der Waals surface area contributed by atoms with Gasteiger partial charge in [-0.25, -0.2) is 0 Å². The lowest BCUT2D eigenvalue weighted by atomic mass is 9.44. The third-order valence-electron chi connectivity index (χ3n) is 13.1. The van der Waals surface area contributed by atoms with Crippen molar-refractivity contribution in [2.75, 3.05) is 13.1 Å². The van der Waals surface area contributed by atoms with Crippen molar-refractivity contribution in [1.29, 1.82) is 0 Å². The number of rotatable bonds is 6. The number of carbonyl (C=O) groups excluding carboxylic acids is 4. The second kappa shape index (κ2) is 11.4. The zero-order chi connectivity index (χ0) is 30.7. The fraction of sp³-hybridized carbons (Fsp3) is 0.722. The van der Waals surface area contributed by atoms with Crippen molar-refractivity contribution >= 4 is 34.9 Å². The molecule has 234 valence electrons. The molecule has 0 aromatic heterocycles. The second-order valence-corrected chi connectivity index (χ2v) is 15.6. The van der Waals surface area contributed by atoms with Gasteiger partial charge in [0.1, 0.15) is 23.0 Å². The van der Waals surface area contributed by atoms with Crippen LogP contribution in [0.2, 0.25) is 5.02 Å². The summed E-state index contributed by atoms with van der Waals surface area (Å²) in [5.41, 5.74) is 0.678. The number of fused-ring (bicyclic) bond motifs is 5. The van der Waals surface area contributed by atoms with Crippen molar-refractivity contribution in [1.82, 2.24) is 5.32 Å². The third-order valence-corrected chi connectivity index (χ3v) is 13.5. The normalized spacial score (nSPS) is 37.7. The Kier molecular flexibility index (Phi) is 8.20. The van der Waals surface area contributed by atoms with E-state index in [9.17, 15) is 19.2 Å². The Hall–Kier alpha value is -2.05. The Morgan fingerprint density at radius 2 is 1.79 bits per heavy atom. The summed E-state index contributed by atoms with van der Waals surface area (Å²) in [4.78, 5) is 53.5. The Morgan fingerprint density at radius 1 is 1.05 bits per heavy atom. The number of carbonyl (C=O) groups is 4.